The molecule has 2 rings (SSSR count). The van der Waals surface area contributed by atoms with Gasteiger partial charge in [0, 0.05) is 31.4 Å². The molecule has 1 amide bonds. The van der Waals surface area contributed by atoms with Gasteiger partial charge in [0.05, 0.1) is 0 Å². The maximum Gasteiger partial charge on any atom is 0.220 e. The average Bonchev–Trinajstić information content (AvgIpc) is 3.19. The summed E-state index contributed by atoms with van der Waals surface area (Å²) in [7, 11) is 0. The van der Waals surface area contributed by atoms with Crippen LogP contribution >= 0.6 is 24.8 Å². The summed E-state index contributed by atoms with van der Waals surface area (Å²) in [5, 5.41) is 3.02. The number of aryl methyl sites for hydroxylation is 1. The van der Waals surface area contributed by atoms with E-state index in [-0.39, 0.29) is 36.8 Å². The highest BCUT2D eigenvalue weighted by atomic mass is 35.5. The predicted octanol–water partition coefficient (Wildman–Crippen LogP) is 1.71. The molecule has 1 fully saturated rings. The van der Waals surface area contributed by atoms with Crippen molar-refractivity contribution in [3.05, 3.63) is 30.1 Å². The Kier molecular flexibility index (Phi) is 8.72. The molecule has 0 spiro atoms. The summed E-state index contributed by atoms with van der Waals surface area (Å²) in [5.74, 6) is 0.717. The molecule has 1 aliphatic carbocycles. The van der Waals surface area contributed by atoms with Crippen LogP contribution in [0.1, 0.15) is 24.8 Å². The monoisotopic (exact) mass is 305 g/mol. The van der Waals surface area contributed by atoms with Crippen LogP contribution < -0.4 is 11.1 Å². The van der Waals surface area contributed by atoms with E-state index >= 15 is 0 Å². The van der Waals surface area contributed by atoms with Gasteiger partial charge in [0.1, 0.15) is 0 Å². The van der Waals surface area contributed by atoms with Crippen LogP contribution in [0.4, 0.5) is 0 Å². The third kappa shape index (κ3) is 6.23. The molecule has 1 aromatic heterocycles. The van der Waals surface area contributed by atoms with Crippen molar-refractivity contribution < 1.29 is 4.79 Å². The summed E-state index contributed by atoms with van der Waals surface area (Å²) in [6, 6.07) is 4.06. The first kappa shape index (κ1) is 18.2. The normalized spacial score (nSPS) is 14.8. The van der Waals surface area contributed by atoms with Gasteiger partial charge in [-0.1, -0.05) is 0 Å². The van der Waals surface area contributed by atoms with Gasteiger partial charge in [-0.3, -0.25) is 9.78 Å². The van der Waals surface area contributed by atoms with Crippen LogP contribution in [0.3, 0.4) is 0 Å². The van der Waals surface area contributed by atoms with Crippen LogP contribution in [0, 0.1) is 5.92 Å². The number of carbonyl (C=O) groups excluding carboxylic acids is 1. The lowest BCUT2D eigenvalue weighted by Crippen LogP contribution is -2.41. The molecular weight excluding hydrogens is 285 g/mol. The van der Waals surface area contributed by atoms with Gasteiger partial charge in [-0.15, -0.1) is 24.8 Å². The maximum absolute atomic E-state index is 11.7. The van der Waals surface area contributed by atoms with Crippen LogP contribution in [-0.2, 0) is 11.2 Å². The zero-order chi connectivity index (χ0) is 12.1. The smallest absolute Gasteiger partial charge is 0.220 e. The third-order valence-corrected chi connectivity index (χ3v) is 3.18. The van der Waals surface area contributed by atoms with Crippen LogP contribution in [-0.4, -0.2) is 23.5 Å². The second kappa shape index (κ2) is 9.13. The van der Waals surface area contributed by atoms with Crippen molar-refractivity contribution in [1.29, 1.82) is 0 Å². The standard InChI is InChI=1S/C13H19N3O.2ClH/c14-9-12(11-2-3-11)16-13(17)4-1-10-5-7-15-8-6-10;;/h5-8,11-12H,1-4,9,14H2,(H,16,17);2*1H. The van der Waals surface area contributed by atoms with E-state index in [9.17, 15) is 4.79 Å². The fourth-order valence-electron chi connectivity index (χ4n) is 1.95. The van der Waals surface area contributed by atoms with E-state index in [1.807, 2.05) is 12.1 Å². The second-order valence-corrected chi connectivity index (χ2v) is 4.60. The predicted molar refractivity (Wildman–Crippen MR) is 80.8 cm³/mol. The maximum atomic E-state index is 11.7. The van der Waals surface area contributed by atoms with Crippen LogP contribution in [0.15, 0.2) is 24.5 Å². The number of hydrogen-bond donors (Lipinski definition) is 2. The molecule has 0 bridgehead atoms. The molecule has 108 valence electrons. The molecule has 0 saturated heterocycles. The number of carbonyl (C=O) groups is 1. The zero-order valence-corrected chi connectivity index (χ0v) is 12.4. The Bertz CT molecular complexity index is 371. The number of rotatable bonds is 6. The molecule has 3 N–H and O–H groups in total. The van der Waals surface area contributed by atoms with E-state index in [1.54, 1.807) is 12.4 Å². The largest absolute Gasteiger partial charge is 0.352 e. The van der Waals surface area contributed by atoms with Crippen molar-refractivity contribution in [3.63, 3.8) is 0 Å². The highest BCUT2D eigenvalue weighted by Gasteiger charge is 2.30. The summed E-state index contributed by atoms with van der Waals surface area (Å²) < 4.78 is 0. The van der Waals surface area contributed by atoms with Gasteiger partial charge in [0.2, 0.25) is 5.91 Å². The molecule has 6 heteroatoms. The van der Waals surface area contributed by atoms with Gasteiger partial charge in [0.15, 0.2) is 0 Å². The van der Waals surface area contributed by atoms with Crippen molar-refractivity contribution in [2.45, 2.75) is 31.7 Å². The second-order valence-electron chi connectivity index (χ2n) is 4.60. The number of nitrogens with one attached hydrogen (secondary N) is 1. The van der Waals surface area contributed by atoms with E-state index in [1.165, 1.54) is 12.8 Å². The first-order chi connectivity index (χ1) is 8.29. The summed E-state index contributed by atoms with van der Waals surface area (Å²) in [4.78, 5) is 15.7. The number of hydrogen-bond acceptors (Lipinski definition) is 3. The average molecular weight is 306 g/mol. The number of nitrogens with zero attached hydrogens (tertiary/aromatic N) is 1. The van der Waals surface area contributed by atoms with E-state index in [0.717, 1.165) is 12.0 Å². The van der Waals surface area contributed by atoms with E-state index in [2.05, 4.69) is 10.3 Å². The van der Waals surface area contributed by atoms with Crippen molar-refractivity contribution in [2.24, 2.45) is 11.7 Å². The molecule has 19 heavy (non-hydrogen) atoms. The number of aromatic nitrogens is 1. The lowest BCUT2D eigenvalue weighted by molar-refractivity contribution is -0.121. The highest BCUT2D eigenvalue weighted by molar-refractivity contribution is 5.85. The van der Waals surface area contributed by atoms with E-state index in [4.69, 9.17) is 5.73 Å². The Morgan fingerprint density at radius 1 is 1.37 bits per heavy atom. The molecule has 0 aromatic carbocycles. The fourth-order valence-corrected chi connectivity index (χ4v) is 1.95. The summed E-state index contributed by atoms with van der Waals surface area (Å²) >= 11 is 0. The lowest BCUT2D eigenvalue weighted by atomic mass is 10.1. The molecule has 1 aliphatic rings. The van der Waals surface area contributed by atoms with Gasteiger partial charge in [-0.2, -0.15) is 0 Å². The SMILES string of the molecule is Cl.Cl.NCC(NC(=O)CCc1ccncc1)C1CC1. The Hall–Kier alpha value is -0.840. The van der Waals surface area contributed by atoms with E-state index < -0.39 is 0 Å². The molecule has 1 heterocycles. The van der Waals surface area contributed by atoms with Crippen molar-refractivity contribution in [3.8, 4) is 0 Å². The van der Waals surface area contributed by atoms with Crippen molar-refractivity contribution in [2.75, 3.05) is 6.54 Å². The van der Waals surface area contributed by atoms with Gasteiger partial charge in [-0.05, 0) is 42.9 Å². The number of halogens is 2. The minimum Gasteiger partial charge on any atom is -0.352 e. The van der Waals surface area contributed by atoms with Gasteiger partial charge in [-0.25, -0.2) is 0 Å². The van der Waals surface area contributed by atoms with Crippen molar-refractivity contribution >= 4 is 30.7 Å². The minimum atomic E-state index is 0. The first-order valence-electron chi connectivity index (χ1n) is 6.18. The molecule has 1 atom stereocenters. The molecule has 1 unspecified atom stereocenters. The van der Waals surface area contributed by atoms with Crippen LogP contribution in [0.25, 0.3) is 0 Å². The minimum absolute atomic E-state index is 0. The van der Waals surface area contributed by atoms with Gasteiger partial charge < -0.3 is 11.1 Å². The molecule has 0 radical (unpaired) electrons. The van der Waals surface area contributed by atoms with Crippen molar-refractivity contribution in [1.82, 2.24) is 10.3 Å². The Morgan fingerprint density at radius 2 is 2.00 bits per heavy atom. The summed E-state index contributed by atoms with van der Waals surface area (Å²) in [5.41, 5.74) is 6.79. The summed E-state index contributed by atoms with van der Waals surface area (Å²) in [6.45, 7) is 0.547. The quantitative estimate of drug-likeness (QED) is 0.841. The summed E-state index contributed by atoms with van der Waals surface area (Å²) in [6.07, 6.45) is 7.18. The molecular formula is C13H21Cl2N3O. The highest BCUT2D eigenvalue weighted by Crippen LogP contribution is 2.32. The lowest BCUT2D eigenvalue weighted by Gasteiger charge is -2.15. The zero-order valence-electron chi connectivity index (χ0n) is 10.7. The fraction of sp³-hybridized carbons (Fsp3) is 0.538. The Labute approximate surface area is 126 Å². The third-order valence-electron chi connectivity index (χ3n) is 3.18. The van der Waals surface area contributed by atoms with Gasteiger partial charge in [0.25, 0.3) is 0 Å². The Balaban J connectivity index is 0.00000162. The molecule has 0 aliphatic heterocycles. The van der Waals surface area contributed by atoms with Gasteiger partial charge >= 0.3 is 0 Å². The van der Waals surface area contributed by atoms with E-state index in [0.29, 0.717) is 18.9 Å². The Morgan fingerprint density at radius 3 is 2.53 bits per heavy atom. The number of nitrogens with two attached hydrogens (primary N) is 1. The number of amides is 1. The topological polar surface area (TPSA) is 68.0 Å². The van der Waals surface area contributed by atoms with Crippen LogP contribution in [0.2, 0.25) is 0 Å². The first-order valence-corrected chi connectivity index (χ1v) is 6.18. The molecule has 1 aromatic rings. The molecule has 1 saturated carbocycles. The number of pyridine rings is 1. The van der Waals surface area contributed by atoms with Crippen LogP contribution in [0.5, 0.6) is 0 Å². The molecule has 4 nitrogen and oxygen atoms in total.